The first-order chi connectivity index (χ1) is 9.77. The highest BCUT2D eigenvalue weighted by Gasteiger charge is 2.14. The molecule has 0 spiro atoms. The summed E-state index contributed by atoms with van der Waals surface area (Å²) in [4.78, 5) is 4.58. The van der Waals surface area contributed by atoms with Crippen LogP contribution in [0.15, 0.2) is 30.5 Å². The van der Waals surface area contributed by atoms with Gasteiger partial charge in [-0.05, 0) is 36.0 Å². The second-order valence-electron chi connectivity index (χ2n) is 7.15. The zero-order valence-corrected chi connectivity index (χ0v) is 14.1. The molecule has 0 radical (unpaired) electrons. The number of benzene rings is 1. The summed E-state index contributed by atoms with van der Waals surface area (Å²) >= 11 is 0. The summed E-state index contributed by atoms with van der Waals surface area (Å²) in [7, 11) is 0. The van der Waals surface area contributed by atoms with Crippen LogP contribution in [0, 0.1) is 12.8 Å². The fourth-order valence-corrected chi connectivity index (χ4v) is 2.24. The van der Waals surface area contributed by atoms with E-state index in [1.807, 2.05) is 6.92 Å². The molecule has 0 aliphatic carbocycles. The lowest BCUT2D eigenvalue weighted by atomic mass is 9.87. The first-order valence-corrected chi connectivity index (χ1v) is 7.68. The van der Waals surface area contributed by atoms with Gasteiger partial charge in [-0.25, -0.2) is 4.98 Å². The summed E-state index contributed by atoms with van der Waals surface area (Å²) < 4.78 is 2.13. The van der Waals surface area contributed by atoms with Gasteiger partial charge in [-0.3, -0.25) is 4.57 Å². The number of aryl methyl sites for hydroxylation is 1. The summed E-state index contributed by atoms with van der Waals surface area (Å²) in [6.07, 6.45) is 2.08. The van der Waals surface area contributed by atoms with Gasteiger partial charge in [0.15, 0.2) is 0 Å². The van der Waals surface area contributed by atoms with E-state index in [9.17, 15) is 0 Å². The molecule has 3 heteroatoms. The van der Waals surface area contributed by atoms with Crippen molar-refractivity contribution in [3.63, 3.8) is 0 Å². The van der Waals surface area contributed by atoms with Crippen molar-refractivity contribution in [3.05, 3.63) is 41.7 Å². The monoisotopic (exact) mass is 285 g/mol. The van der Waals surface area contributed by atoms with Crippen molar-refractivity contribution in [2.75, 3.05) is 11.9 Å². The lowest BCUT2D eigenvalue weighted by molar-refractivity contribution is 0.590. The Labute approximate surface area is 128 Å². The molecule has 0 aliphatic heterocycles. The molecule has 1 heterocycles. The summed E-state index contributed by atoms with van der Waals surface area (Å²) in [6.45, 7) is 14.1. The standard InChI is InChI=1S/C18H27N3/c1-13(2)11-19-17-20-14(3)12-21(17)16-9-7-15(8-10-16)18(4,5)6/h7-10,12-13H,11H2,1-6H3,(H,19,20). The van der Waals surface area contributed by atoms with Crippen molar-refractivity contribution in [1.82, 2.24) is 9.55 Å². The summed E-state index contributed by atoms with van der Waals surface area (Å²) in [5, 5.41) is 3.43. The van der Waals surface area contributed by atoms with Gasteiger partial charge in [0.05, 0.1) is 5.69 Å². The van der Waals surface area contributed by atoms with Crippen molar-refractivity contribution in [2.45, 2.75) is 47.0 Å². The Balaban J connectivity index is 2.29. The molecule has 0 aliphatic rings. The normalized spacial score (nSPS) is 12.0. The molecule has 0 amide bonds. The van der Waals surface area contributed by atoms with Crippen LogP contribution in [0.5, 0.6) is 0 Å². The molecule has 1 N–H and O–H groups in total. The van der Waals surface area contributed by atoms with E-state index in [0.29, 0.717) is 5.92 Å². The van der Waals surface area contributed by atoms with Crippen LogP contribution in [0.1, 0.15) is 45.9 Å². The van der Waals surface area contributed by atoms with E-state index in [4.69, 9.17) is 0 Å². The number of nitrogens with zero attached hydrogens (tertiary/aromatic N) is 2. The van der Waals surface area contributed by atoms with Crippen molar-refractivity contribution in [1.29, 1.82) is 0 Å². The average Bonchev–Trinajstić information content (AvgIpc) is 2.77. The minimum Gasteiger partial charge on any atom is -0.355 e. The quantitative estimate of drug-likeness (QED) is 0.893. The van der Waals surface area contributed by atoms with Crippen LogP contribution in [-0.4, -0.2) is 16.1 Å². The van der Waals surface area contributed by atoms with Crippen molar-refractivity contribution in [2.24, 2.45) is 5.92 Å². The van der Waals surface area contributed by atoms with Gasteiger partial charge in [0, 0.05) is 18.4 Å². The predicted octanol–water partition coefficient (Wildman–Crippen LogP) is 4.55. The van der Waals surface area contributed by atoms with Gasteiger partial charge in [-0.15, -0.1) is 0 Å². The number of nitrogens with one attached hydrogen (secondary N) is 1. The molecule has 0 saturated heterocycles. The van der Waals surface area contributed by atoms with E-state index in [-0.39, 0.29) is 5.41 Å². The Morgan fingerprint density at radius 3 is 2.29 bits per heavy atom. The molecule has 0 saturated carbocycles. The van der Waals surface area contributed by atoms with Crippen LogP contribution in [0.25, 0.3) is 5.69 Å². The van der Waals surface area contributed by atoms with E-state index in [1.165, 1.54) is 5.56 Å². The van der Waals surface area contributed by atoms with Crippen molar-refractivity contribution < 1.29 is 0 Å². The van der Waals surface area contributed by atoms with E-state index < -0.39 is 0 Å². The highest BCUT2D eigenvalue weighted by molar-refractivity contribution is 5.45. The molecule has 2 rings (SSSR count). The largest absolute Gasteiger partial charge is 0.355 e. The molecule has 3 nitrogen and oxygen atoms in total. The number of aromatic nitrogens is 2. The third-order valence-electron chi connectivity index (χ3n) is 3.51. The van der Waals surface area contributed by atoms with Gasteiger partial charge in [0.25, 0.3) is 0 Å². The Morgan fingerprint density at radius 1 is 1.14 bits per heavy atom. The van der Waals surface area contributed by atoms with E-state index in [0.717, 1.165) is 23.9 Å². The molecule has 114 valence electrons. The SMILES string of the molecule is Cc1cn(-c2ccc(C(C)(C)C)cc2)c(NCC(C)C)n1. The van der Waals surface area contributed by atoms with Crippen LogP contribution in [0.4, 0.5) is 5.95 Å². The highest BCUT2D eigenvalue weighted by Crippen LogP contribution is 2.24. The summed E-state index contributed by atoms with van der Waals surface area (Å²) in [5.41, 5.74) is 3.71. The molecule has 21 heavy (non-hydrogen) atoms. The third-order valence-corrected chi connectivity index (χ3v) is 3.51. The van der Waals surface area contributed by atoms with Crippen LogP contribution < -0.4 is 5.32 Å². The number of hydrogen-bond donors (Lipinski definition) is 1. The molecule has 0 atom stereocenters. The Hall–Kier alpha value is -1.77. The number of rotatable bonds is 4. The predicted molar refractivity (Wildman–Crippen MR) is 90.3 cm³/mol. The van der Waals surface area contributed by atoms with Crippen LogP contribution in [-0.2, 0) is 5.41 Å². The first kappa shape index (κ1) is 15.6. The van der Waals surface area contributed by atoms with Gasteiger partial charge in [0.2, 0.25) is 5.95 Å². The molecular weight excluding hydrogens is 258 g/mol. The molecule has 1 aromatic heterocycles. The molecule has 0 fully saturated rings. The maximum atomic E-state index is 4.58. The fraction of sp³-hybridized carbons (Fsp3) is 0.500. The highest BCUT2D eigenvalue weighted by atomic mass is 15.2. The molecule has 0 bridgehead atoms. The lowest BCUT2D eigenvalue weighted by Gasteiger charge is -2.19. The molecule has 2 aromatic rings. The Morgan fingerprint density at radius 2 is 1.76 bits per heavy atom. The average molecular weight is 285 g/mol. The summed E-state index contributed by atoms with van der Waals surface area (Å²) in [5.74, 6) is 1.52. The molecular formula is C18H27N3. The number of anilines is 1. The molecule has 0 unspecified atom stereocenters. The zero-order chi connectivity index (χ0) is 15.6. The maximum Gasteiger partial charge on any atom is 0.207 e. The lowest BCUT2D eigenvalue weighted by Crippen LogP contribution is -2.13. The van der Waals surface area contributed by atoms with Crippen LogP contribution in [0.3, 0.4) is 0 Å². The summed E-state index contributed by atoms with van der Waals surface area (Å²) in [6, 6.07) is 8.75. The van der Waals surface area contributed by atoms with Crippen LogP contribution in [0.2, 0.25) is 0 Å². The smallest absolute Gasteiger partial charge is 0.207 e. The van der Waals surface area contributed by atoms with E-state index >= 15 is 0 Å². The minimum atomic E-state index is 0.183. The second kappa shape index (κ2) is 5.92. The topological polar surface area (TPSA) is 29.9 Å². The Kier molecular flexibility index (Phi) is 4.40. The number of hydrogen-bond acceptors (Lipinski definition) is 2. The van der Waals surface area contributed by atoms with E-state index in [1.54, 1.807) is 0 Å². The molecule has 1 aromatic carbocycles. The fourth-order valence-electron chi connectivity index (χ4n) is 2.24. The first-order valence-electron chi connectivity index (χ1n) is 7.68. The third kappa shape index (κ3) is 3.87. The zero-order valence-electron chi connectivity index (χ0n) is 14.1. The van der Waals surface area contributed by atoms with Crippen molar-refractivity contribution >= 4 is 5.95 Å². The van der Waals surface area contributed by atoms with Gasteiger partial charge in [-0.1, -0.05) is 46.8 Å². The second-order valence-corrected chi connectivity index (χ2v) is 7.15. The number of imidazole rings is 1. The minimum absolute atomic E-state index is 0.183. The van der Waals surface area contributed by atoms with Gasteiger partial charge in [0.1, 0.15) is 0 Å². The van der Waals surface area contributed by atoms with E-state index in [2.05, 4.69) is 79.9 Å². The maximum absolute atomic E-state index is 4.58. The van der Waals surface area contributed by atoms with Crippen molar-refractivity contribution in [3.8, 4) is 5.69 Å². The Bertz CT molecular complexity index is 586. The van der Waals surface area contributed by atoms with Gasteiger partial charge in [-0.2, -0.15) is 0 Å². The van der Waals surface area contributed by atoms with Gasteiger partial charge >= 0.3 is 0 Å². The van der Waals surface area contributed by atoms with Crippen LogP contribution >= 0.6 is 0 Å². The van der Waals surface area contributed by atoms with Gasteiger partial charge < -0.3 is 5.32 Å².